The first kappa shape index (κ1) is 12.8. The summed E-state index contributed by atoms with van der Waals surface area (Å²) in [6.45, 7) is 2.96. The SMILES string of the molecule is CC(Cc1cccc(F)c1)NCc1ccccc1. The van der Waals surface area contributed by atoms with Crippen molar-refractivity contribution in [3.8, 4) is 0 Å². The molecule has 0 aliphatic carbocycles. The molecule has 1 nitrogen and oxygen atoms in total. The van der Waals surface area contributed by atoms with Crippen molar-refractivity contribution in [2.75, 3.05) is 0 Å². The van der Waals surface area contributed by atoms with Gasteiger partial charge in [-0.05, 0) is 36.6 Å². The number of rotatable bonds is 5. The molecule has 0 aromatic heterocycles. The van der Waals surface area contributed by atoms with Gasteiger partial charge in [0.1, 0.15) is 5.82 Å². The zero-order chi connectivity index (χ0) is 12.8. The normalized spacial score (nSPS) is 12.3. The Morgan fingerprint density at radius 3 is 2.44 bits per heavy atom. The van der Waals surface area contributed by atoms with Gasteiger partial charge in [0.2, 0.25) is 0 Å². The van der Waals surface area contributed by atoms with Crippen LogP contribution >= 0.6 is 0 Å². The van der Waals surface area contributed by atoms with Crippen molar-refractivity contribution >= 4 is 0 Å². The third kappa shape index (κ3) is 3.97. The molecule has 2 aromatic rings. The van der Waals surface area contributed by atoms with Crippen molar-refractivity contribution in [1.29, 1.82) is 0 Å². The average Bonchev–Trinajstić information content (AvgIpc) is 2.38. The lowest BCUT2D eigenvalue weighted by Crippen LogP contribution is -2.27. The third-order valence-electron chi connectivity index (χ3n) is 2.93. The molecule has 1 N–H and O–H groups in total. The molecule has 0 amide bonds. The second-order valence-corrected chi connectivity index (χ2v) is 4.60. The second-order valence-electron chi connectivity index (χ2n) is 4.60. The summed E-state index contributed by atoms with van der Waals surface area (Å²) in [4.78, 5) is 0. The highest BCUT2D eigenvalue weighted by molar-refractivity contribution is 5.18. The summed E-state index contributed by atoms with van der Waals surface area (Å²) < 4.78 is 13.0. The molecule has 1 atom stereocenters. The van der Waals surface area contributed by atoms with Gasteiger partial charge < -0.3 is 5.32 Å². The molecule has 2 heteroatoms. The van der Waals surface area contributed by atoms with Gasteiger partial charge in [0, 0.05) is 12.6 Å². The highest BCUT2D eigenvalue weighted by Crippen LogP contribution is 2.07. The van der Waals surface area contributed by atoms with Crippen molar-refractivity contribution in [3.05, 3.63) is 71.5 Å². The fourth-order valence-corrected chi connectivity index (χ4v) is 1.98. The molecular formula is C16H18FN. The van der Waals surface area contributed by atoms with E-state index in [1.54, 1.807) is 12.1 Å². The molecule has 0 radical (unpaired) electrons. The van der Waals surface area contributed by atoms with Crippen molar-refractivity contribution < 1.29 is 4.39 Å². The first-order valence-electron chi connectivity index (χ1n) is 6.26. The van der Waals surface area contributed by atoms with E-state index in [0.717, 1.165) is 18.5 Å². The largest absolute Gasteiger partial charge is 0.310 e. The van der Waals surface area contributed by atoms with Gasteiger partial charge in [-0.15, -0.1) is 0 Å². The Morgan fingerprint density at radius 2 is 1.72 bits per heavy atom. The van der Waals surface area contributed by atoms with Crippen LogP contribution < -0.4 is 5.32 Å². The Bertz CT molecular complexity index is 481. The van der Waals surface area contributed by atoms with Crippen molar-refractivity contribution in [2.45, 2.75) is 25.9 Å². The van der Waals surface area contributed by atoms with E-state index in [9.17, 15) is 4.39 Å². The van der Waals surface area contributed by atoms with Crippen molar-refractivity contribution in [2.24, 2.45) is 0 Å². The number of hydrogen-bond donors (Lipinski definition) is 1. The van der Waals surface area contributed by atoms with E-state index in [2.05, 4.69) is 24.4 Å². The lowest BCUT2D eigenvalue weighted by Gasteiger charge is -2.14. The Balaban J connectivity index is 1.84. The van der Waals surface area contributed by atoms with E-state index in [0.29, 0.717) is 6.04 Å². The second kappa shape index (κ2) is 6.31. The standard InChI is InChI=1S/C16H18FN/c1-13(10-15-8-5-9-16(17)11-15)18-12-14-6-3-2-4-7-14/h2-9,11,13,18H,10,12H2,1H3. The molecule has 0 spiro atoms. The minimum atomic E-state index is -0.164. The Hall–Kier alpha value is -1.67. The fourth-order valence-electron chi connectivity index (χ4n) is 1.98. The van der Waals surface area contributed by atoms with Crippen LogP contribution in [0.4, 0.5) is 4.39 Å². The summed E-state index contributed by atoms with van der Waals surface area (Å²) >= 11 is 0. The van der Waals surface area contributed by atoms with Crippen LogP contribution in [0.1, 0.15) is 18.1 Å². The van der Waals surface area contributed by atoms with E-state index in [1.165, 1.54) is 11.6 Å². The van der Waals surface area contributed by atoms with Gasteiger partial charge >= 0.3 is 0 Å². The van der Waals surface area contributed by atoms with Crippen LogP contribution in [-0.2, 0) is 13.0 Å². The van der Waals surface area contributed by atoms with Gasteiger partial charge in [-0.2, -0.15) is 0 Å². The number of benzene rings is 2. The zero-order valence-corrected chi connectivity index (χ0v) is 10.6. The topological polar surface area (TPSA) is 12.0 Å². The predicted octanol–water partition coefficient (Wildman–Crippen LogP) is 3.55. The quantitative estimate of drug-likeness (QED) is 0.847. The molecule has 0 fully saturated rings. The highest BCUT2D eigenvalue weighted by Gasteiger charge is 2.03. The Morgan fingerprint density at radius 1 is 1.00 bits per heavy atom. The van der Waals surface area contributed by atoms with Crippen LogP contribution in [0, 0.1) is 5.82 Å². The Labute approximate surface area is 108 Å². The fraction of sp³-hybridized carbons (Fsp3) is 0.250. The molecule has 1 unspecified atom stereocenters. The van der Waals surface area contributed by atoms with Crippen LogP contribution in [0.3, 0.4) is 0 Å². The summed E-state index contributed by atoms with van der Waals surface area (Å²) in [6, 6.07) is 17.4. The predicted molar refractivity (Wildman–Crippen MR) is 72.8 cm³/mol. The van der Waals surface area contributed by atoms with Gasteiger partial charge in [0.15, 0.2) is 0 Å². The highest BCUT2D eigenvalue weighted by atomic mass is 19.1. The molecule has 0 bridgehead atoms. The molecule has 0 saturated carbocycles. The maximum absolute atomic E-state index is 13.0. The monoisotopic (exact) mass is 243 g/mol. The molecule has 0 saturated heterocycles. The maximum atomic E-state index is 13.0. The van der Waals surface area contributed by atoms with Gasteiger partial charge in [-0.3, -0.25) is 0 Å². The lowest BCUT2D eigenvalue weighted by atomic mass is 10.1. The van der Waals surface area contributed by atoms with Gasteiger partial charge in [-0.25, -0.2) is 4.39 Å². The number of hydrogen-bond acceptors (Lipinski definition) is 1. The summed E-state index contributed by atoms with van der Waals surface area (Å²) in [5, 5.41) is 3.44. The molecule has 2 rings (SSSR count). The molecule has 0 heterocycles. The number of nitrogens with one attached hydrogen (secondary N) is 1. The van der Waals surface area contributed by atoms with Crippen molar-refractivity contribution in [1.82, 2.24) is 5.32 Å². The molecule has 2 aromatic carbocycles. The number of halogens is 1. The summed E-state index contributed by atoms with van der Waals surface area (Å²) in [7, 11) is 0. The summed E-state index contributed by atoms with van der Waals surface area (Å²) in [5.41, 5.74) is 2.30. The first-order chi connectivity index (χ1) is 8.74. The summed E-state index contributed by atoms with van der Waals surface area (Å²) in [6.07, 6.45) is 0.838. The van der Waals surface area contributed by atoms with Crippen LogP contribution in [0.25, 0.3) is 0 Å². The zero-order valence-electron chi connectivity index (χ0n) is 10.6. The van der Waals surface area contributed by atoms with E-state index in [4.69, 9.17) is 0 Å². The first-order valence-corrected chi connectivity index (χ1v) is 6.26. The van der Waals surface area contributed by atoms with Gasteiger partial charge in [-0.1, -0.05) is 42.5 Å². The van der Waals surface area contributed by atoms with Crippen LogP contribution in [0.15, 0.2) is 54.6 Å². The lowest BCUT2D eigenvalue weighted by molar-refractivity contribution is 0.543. The average molecular weight is 243 g/mol. The molecular weight excluding hydrogens is 225 g/mol. The minimum Gasteiger partial charge on any atom is -0.310 e. The maximum Gasteiger partial charge on any atom is 0.123 e. The van der Waals surface area contributed by atoms with Crippen LogP contribution in [0.5, 0.6) is 0 Å². The smallest absolute Gasteiger partial charge is 0.123 e. The van der Waals surface area contributed by atoms with Crippen LogP contribution in [-0.4, -0.2) is 6.04 Å². The van der Waals surface area contributed by atoms with E-state index < -0.39 is 0 Å². The minimum absolute atomic E-state index is 0.164. The van der Waals surface area contributed by atoms with E-state index >= 15 is 0 Å². The van der Waals surface area contributed by atoms with Gasteiger partial charge in [0.05, 0.1) is 0 Å². The van der Waals surface area contributed by atoms with Crippen LogP contribution in [0.2, 0.25) is 0 Å². The van der Waals surface area contributed by atoms with E-state index in [-0.39, 0.29) is 5.82 Å². The van der Waals surface area contributed by atoms with E-state index in [1.807, 2.05) is 24.3 Å². The molecule has 0 aliphatic rings. The molecule has 0 aliphatic heterocycles. The van der Waals surface area contributed by atoms with Gasteiger partial charge in [0.25, 0.3) is 0 Å². The third-order valence-corrected chi connectivity index (χ3v) is 2.93. The Kier molecular flexibility index (Phi) is 4.48. The summed E-state index contributed by atoms with van der Waals surface area (Å²) in [5.74, 6) is -0.164. The molecule has 94 valence electrons. The van der Waals surface area contributed by atoms with Crippen molar-refractivity contribution in [3.63, 3.8) is 0 Å². The molecule has 18 heavy (non-hydrogen) atoms.